The van der Waals surface area contributed by atoms with Crippen molar-refractivity contribution in [3.05, 3.63) is 23.8 Å². The molecule has 0 radical (unpaired) electrons. The van der Waals surface area contributed by atoms with E-state index in [1.165, 1.54) is 0 Å². The van der Waals surface area contributed by atoms with E-state index in [4.69, 9.17) is 9.47 Å². The van der Waals surface area contributed by atoms with Crippen molar-refractivity contribution >= 4 is 10.0 Å². The normalized spacial score (nSPS) is 24.6. The first kappa shape index (κ1) is 15.3. The second-order valence-electron chi connectivity index (χ2n) is 5.20. The second kappa shape index (κ2) is 5.71. The second-order valence-corrected chi connectivity index (χ2v) is 7.01. The lowest BCUT2D eigenvalue weighted by atomic mass is 10.2. The van der Waals surface area contributed by atoms with Gasteiger partial charge in [0.1, 0.15) is 5.75 Å². The molecular weight excluding hydrogens is 278 g/mol. The van der Waals surface area contributed by atoms with Crippen LogP contribution in [0.5, 0.6) is 5.75 Å². The minimum absolute atomic E-state index is 0.162. The van der Waals surface area contributed by atoms with Crippen LogP contribution in [-0.4, -0.2) is 45.1 Å². The lowest BCUT2D eigenvalue weighted by Crippen LogP contribution is -2.52. The van der Waals surface area contributed by atoms with Crippen LogP contribution in [0.25, 0.3) is 0 Å². The molecule has 1 heterocycles. The quantitative estimate of drug-likeness (QED) is 0.854. The minimum atomic E-state index is -3.52. The SMILES string of the molecule is COc1ccc(S(=O)(=O)N2C(C)COCC2C)c(C)c1. The van der Waals surface area contributed by atoms with Crippen LogP contribution in [-0.2, 0) is 14.8 Å². The van der Waals surface area contributed by atoms with Gasteiger partial charge in [-0.15, -0.1) is 0 Å². The van der Waals surface area contributed by atoms with Gasteiger partial charge < -0.3 is 9.47 Å². The number of benzene rings is 1. The zero-order valence-corrected chi connectivity index (χ0v) is 13.1. The molecule has 1 aliphatic heterocycles. The number of morpholine rings is 1. The molecule has 0 amide bonds. The molecule has 0 aromatic heterocycles. The first-order valence-corrected chi connectivity index (χ1v) is 8.08. The summed E-state index contributed by atoms with van der Waals surface area (Å²) >= 11 is 0. The molecule has 2 atom stereocenters. The predicted octanol–water partition coefficient (Wildman–Crippen LogP) is 1.80. The van der Waals surface area contributed by atoms with Gasteiger partial charge in [0.25, 0.3) is 0 Å². The van der Waals surface area contributed by atoms with E-state index in [2.05, 4.69) is 0 Å². The third-order valence-electron chi connectivity index (χ3n) is 3.52. The summed E-state index contributed by atoms with van der Waals surface area (Å²) < 4.78 is 37.8. The Morgan fingerprint density at radius 2 is 1.85 bits per heavy atom. The third-order valence-corrected chi connectivity index (χ3v) is 5.81. The van der Waals surface area contributed by atoms with Crippen LogP contribution in [0.4, 0.5) is 0 Å². The Balaban J connectivity index is 2.44. The average Bonchev–Trinajstić information content (AvgIpc) is 2.37. The maximum absolute atomic E-state index is 12.9. The van der Waals surface area contributed by atoms with Gasteiger partial charge in [-0.3, -0.25) is 0 Å². The fraction of sp³-hybridized carbons (Fsp3) is 0.571. The molecule has 0 bridgehead atoms. The highest BCUT2D eigenvalue weighted by Crippen LogP contribution is 2.28. The van der Waals surface area contributed by atoms with E-state index in [0.717, 1.165) is 0 Å². The number of nitrogens with zero attached hydrogens (tertiary/aromatic N) is 1. The van der Waals surface area contributed by atoms with Gasteiger partial charge in [-0.2, -0.15) is 4.31 Å². The first-order chi connectivity index (χ1) is 9.37. The Morgan fingerprint density at radius 3 is 2.35 bits per heavy atom. The molecule has 112 valence electrons. The summed E-state index contributed by atoms with van der Waals surface area (Å²) in [7, 11) is -1.95. The Kier molecular flexibility index (Phi) is 4.36. The van der Waals surface area contributed by atoms with Gasteiger partial charge in [0.05, 0.1) is 25.2 Å². The number of rotatable bonds is 3. The predicted molar refractivity (Wildman–Crippen MR) is 76.5 cm³/mol. The van der Waals surface area contributed by atoms with Gasteiger partial charge in [-0.25, -0.2) is 8.42 Å². The van der Waals surface area contributed by atoms with E-state index < -0.39 is 10.0 Å². The Hall–Kier alpha value is -1.11. The van der Waals surface area contributed by atoms with Crippen LogP contribution < -0.4 is 4.74 Å². The van der Waals surface area contributed by atoms with Crippen molar-refractivity contribution in [2.45, 2.75) is 37.8 Å². The largest absolute Gasteiger partial charge is 0.497 e. The molecule has 2 rings (SSSR count). The molecule has 1 aromatic rings. The molecule has 1 fully saturated rings. The lowest BCUT2D eigenvalue weighted by Gasteiger charge is -2.37. The van der Waals surface area contributed by atoms with Crippen molar-refractivity contribution in [3.63, 3.8) is 0 Å². The van der Waals surface area contributed by atoms with Crippen LogP contribution in [0.2, 0.25) is 0 Å². The van der Waals surface area contributed by atoms with Gasteiger partial charge in [-0.05, 0) is 44.5 Å². The van der Waals surface area contributed by atoms with Gasteiger partial charge >= 0.3 is 0 Å². The van der Waals surface area contributed by atoms with Gasteiger partial charge in [0.2, 0.25) is 10.0 Å². The monoisotopic (exact) mass is 299 g/mol. The molecule has 0 N–H and O–H groups in total. The van der Waals surface area contributed by atoms with E-state index >= 15 is 0 Å². The van der Waals surface area contributed by atoms with Crippen molar-refractivity contribution in [1.29, 1.82) is 0 Å². The van der Waals surface area contributed by atoms with Crippen molar-refractivity contribution in [3.8, 4) is 5.75 Å². The van der Waals surface area contributed by atoms with E-state index in [-0.39, 0.29) is 12.1 Å². The standard InChI is InChI=1S/C14H21NO4S/c1-10-7-13(18-4)5-6-14(10)20(16,17)15-11(2)8-19-9-12(15)3/h5-7,11-12H,8-9H2,1-4H3. The highest BCUT2D eigenvalue weighted by molar-refractivity contribution is 7.89. The number of ether oxygens (including phenoxy) is 2. The summed E-state index contributed by atoms with van der Waals surface area (Å²) in [6.07, 6.45) is 0. The maximum Gasteiger partial charge on any atom is 0.243 e. The fourth-order valence-corrected chi connectivity index (χ4v) is 4.62. The summed E-state index contributed by atoms with van der Waals surface area (Å²) in [6.45, 7) is 6.38. The molecule has 0 aliphatic carbocycles. The minimum Gasteiger partial charge on any atom is -0.497 e. The third kappa shape index (κ3) is 2.68. The van der Waals surface area contributed by atoms with Crippen LogP contribution in [0.15, 0.2) is 23.1 Å². The summed E-state index contributed by atoms with van der Waals surface area (Å²) in [5, 5.41) is 0. The first-order valence-electron chi connectivity index (χ1n) is 6.64. The van der Waals surface area contributed by atoms with E-state index in [1.807, 2.05) is 13.8 Å². The Bertz CT molecular complexity index is 575. The van der Waals surface area contributed by atoms with Crippen LogP contribution in [0, 0.1) is 6.92 Å². The number of sulfonamides is 1. The van der Waals surface area contributed by atoms with E-state index in [1.54, 1.807) is 36.5 Å². The number of hydrogen-bond acceptors (Lipinski definition) is 4. The summed E-state index contributed by atoms with van der Waals surface area (Å²) in [5.74, 6) is 0.657. The zero-order valence-electron chi connectivity index (χ0n) is 12.3. The lowest BCUT2D eigenvalue weighted by molar-refractivity contribution is 0.00634. The molecule has 1 aliphatic rings. The smallest absolute Gasteiger partial charge is 0.243 e. The highest BCUT2D eigenvalue weighted by atomic mass is 32.2. The molecule has 6 heteroatoms. The Labute approximate surface area is 120 Å². The van der Waals surface area contributed by atoms with Gasteiger partial charge in [0.15, 0.2) is 0 Å². The molecule has 1 aromatic carbocycles. The molecule has 0 spiro atoms. The Morgan fingerprint density at radius 1 is 1.25 bits per heavy atom. The molecular formula is C14H21NO4S. The summed E-state index contributed by atoms with van der Waals surface area (Å²) in [5.41, 5.74) is 0.690. The molecule has 0 saturated carbocycles. The highest BCUT2D eigenvalue weighted by Gasteiger charge is 2.37. The molecule has 5 nitrogen and oxygen atoms in total. The van der Waals surface area contributed by atoms with Gasteiger partial charge in [0, 0.05) is 12.1 Å². The molecule has 20 heavy (non-hydrogen) atoms. The van der Waals surface area contributed by atoms with Gasteiger partial charge in [-0.1, -0.05) is 0 Å². The number of aryl methyl sites for hydroxylation is 1. The average molecular weight is 299 g/mol. The summed E-state index contributed by atoms with van der Waals surface area (Å²) in [4.78, 5) is 0.332. The zero-order chi connectivity index (χ0) is 14.9. The molecule has 1 saturated heterocycles. The fourth-order valence-electron chi connectivity index (χ4n) is 2.62. The maximum atomic E-state index is 12.9. The van der Waals surface area contributed by atoms with Crippen molar-refractivity contribution in [2.24, 2.45) is 0 Å². The van der Waals surface area contributed by atoms with Crippen LogP contribution >= 0.6 is 0 Å². The number of hydrogen-bond donors (Lipinski definition) is 0. The summed E-state index contributed by atoms with van der Waals surface area (Å²) in [6, 6.07) is 4.70. The van der Waals surface area contributed by atoms with Crippen LogP contribution in [0.3, 0.4) is 0 Å². The van der Waals surface area contributed by atoms with Crippen molar-refractivity contribution in [2.75, 3.05) is 20.3 Å². The van der Waals surface area contributed by atoms with E-state index in [9.17, 15) is 8.42 Å². The van der Waals surface area contributed by atoms with Crippen LogP contribution in [0.1, 0.15) is 19.4 Å². The van der Waals surface area contributed by atoms with Crippen molar-refractivity contribution < 1.29 is 17.9 Å². The number of methoxy groups -OCH3 is 1. The van der Waals surface area contributed by atoms with Crippen molar-refractivity contribution in [1.82, 2.24) is 4.31 Å². The topological polar surface area (TPSA) is 55.8 Å². The molecule has 2 unspecified atom stereocenters. The van der Waals surface area contributed by atoms with E-state index in [0.29, 0.717) is 29.4 Å².